The first-order valence-electron chi connectivity index (χ1n) is 11.6. The van der Waals surface area contributed by atoms with Crippen LogP contribution in [0.5, 0.6) is 0 Å². The second kappa shape index (κ2) is 10.3. The molecule has 36 heavy (non-hydrogen) atoms. The van der Waals surface area contributed by atoms with E-state index in [0.717, 1.165) is 37.1 Å². The summed E-state index contributed by atoms with van der Waals surface area (Å²) in [5, 5.41) is 3.01. The summed E-state index contributed by atoms with van der Waals surface area (Å²) < 4.78 is 66.5. The molecule has 11 heteroatoms. The van der Waals surface area contributed by atoms with Crippen LogP contribution in [-0.2, 0) is 15.7 Å². The highest BCUT2D eigenvalue weighted by molar-refractivity contribution is 5.69. The Bertz CT molecular complexity index is 1190. The predicted octanol–water partition coefficient (Wildman–Crippen LogP) is 4.72. The summed E-state index contributed by atoms with van der Waals surface area (Å²) in [6.07, 6.45) is -3.63. The van der Waals surface area contributed by atoms with Gasteiger partial charge in [0.05, 0.1) is 38.2 Å². The minimum absolute atomic E-state index is 0.0249. The van der Waals surface area contributed by atoms with Gasteiger partial charge in [-0.25, -0.2) is 14.4 Å². The van der Waals surface area contributed by atoms with Crippen molar-refractivity contribution in [1.29, 1.82) is 0 Å². The van der Waals surface area contributed by atoms with Crippen LogP contribution in [0, 0.1) is 5.82 Å². The van der Waals surface area contributed by atoms with E-state index in [4.69, 9.17) is 9.47 Å². The number of anilines is 4. The summed E-state index contributed by atoms with van der Waals surface area (Å²) in [4.78, 5) is 12.2. The molecule has 190 valence electrons. The standard InChI is InChI=1S/C25H25F4N5O2/c26-22-16-30-24(31-19-1-3-20(4-2-19)33-5-9-35-10-6-33)32-23(22)17-13-18(25(27,28)29)15-21(14-17)34-7-11-36-12-8-34/h1-4,13-16H,5-12H2,(H,30,31,32). The van der Waals surface area contributed by atoms with Crippen LogP contribution < -0.4 is 15.1 Å². The predicted molar refractivity (Wildman–Crippen MR) is 128 cm³/mol. The summed E-state index contributed by atoms with van der Waals surface area (Å²) in [5.41, 5.74) is 1.00. The zero-order valence-electron chi connectivity index (χ0n) is 19.4. The van der Waals surface area contributed by atoms with Crippen molar-refractivity contribution < 1.29 is 27.0 Å². The third-order valence-electron chi connectivity index (χ3n) is 6.14. The molecule has 1 aromatic heterocycles. The Morgan fingerprint density at radius 3 is 2.03 bits per heavy atom. The zero-order valence-corrected chi connectivity index (χ0v) is 19.4. The number of aromatic nitrogens is 2. The monoisotopic (exact) mass is 503 g/mol. The molecule has 2 fully saturated rings. The molecule has 1 N–H and O–H groups in total. The molecule has 2 saturated heterocycles. The van der Waals surface area contributed by atoms with E-state index in [1.807, 2.05) is 24.3 Å². The molecular weight excluding hydrogens is 478 g/mol. The third-order valence-corrected chi connectivity index (χ3v) is 6.14. The van der Waals surface area contributed by atoms with Gasteiger partial charge in [0.2, 0.25) is 5.95 Å². The number of benzene rings is 2. The molecule has 3 aromatic rings. The topological polar surface area (TPSA) is 62.8 Å². The summed E-state index contributed by atoms with van der Waals surface area (Å²) in [7, 11) is 0. The fourth-order valence-corrected chi connectivity index (χ4v) is 4.25. The van der Waals surface area contributed by atoms with Crippen molar-refractivity contribution in [2.45, 2.75) is 6.18 Å². The second-order valence-corrected chi connectivity index (χ2v) is 8.53. The fraction of sp³-hybridized carbons (Fsp3) is 0.360. The zero-order chi connectivity index (χ0) is 25.1. The third kappa shape index (κ3) is 5.52. The maximum atomic E-state index is 14.8. The number of rotatable bonds is 5. The Morgan fingerprint density at radius 1 is 0.806 bits per heavy atom. The molecule has 7 nitrogen and oxygen atoms in total. The average molecular weight is 504 g/mol. The van der Waals surface area contributed by atoms with Crippen LogP contribution in [-0.4, -0.2) is 62.6 Å². The molecule has 0 unspecified atom stereocenters. The van der Waals surface area contributed by atoms with E-state index in [1.54, 1.807) is 4.90 Å². The molecule has 0 saturated carbocycles. The van der Waals surface area contributed by atoms with E-state index in [2.05, 4.69) is 20.2 Å². The van der Waals surface area contributed by atoms with Gasteiger partial charge in [0, 0.05) is 48.8 Å². The number of alkyl halides is 3. The largest absolute Gasteiger partial charge is 0.416 e. The van der Waals surface area contributed by atoms with Crippen molar-refractivity contribution in [3.05, 3.63) is 60.0 Å². The van der Waals surface area contributed by atoms with Gasteiger partial charge in [0.15, 0.2) is 5.82 Å². The molecule has 5 rings (SSSR count). The lowest BCUT2D eigenvalue weighted by Crippen LogP contribution is -2.36. The molecular formula is C25H25F4N5O2. The van der Waals surface area contributed by atoms with E-state index in [-0.39, 0.29) is 17.2 Å². The molecule has 2 aliphatic rings. The minimum Gasteiger partial charge on any atom is -0.378 e. The van der Waals surface area contributed by atoms with Gasteiger partial charge < -0.3 is 24.6 Å². The van der Waals surface area contributed by atoms with Crippen LogP contribution >= 0.6 is 0 Å². The molecule has 0 atom stereocenters. The van der Waals surface area contributed by atoms with Crippen LogP contribution in [0.15, 0.2) is 48.7 Å². The van der Waals surface area contributed by atoms with Crippen molar-refractivity contribution >= 4 is 23.0 Å². The van der Waals surface area contributed by atoms with E-state index in [1.165, 1.54) is 6.07 Å². The van der Waals surface area contributed by atoms with Gasteiger partial charge in [0.1, 0.15) is 5.69 Å². The highest BCUT2D eigenvalue weighted by atomic mass is 19.4. The smallest absolute Gasteiger partial charge is 0.378 e. The molecule has 3 heterocycles. The van der Waals surface area contributed by atoms with Crippen LogP contribution in [0.1, 0.15) is 5.56 Å². The van der Waals surface area contributed by atoms with E-state index < -0.39 is 17.6 Å². The molecule has 0 bridgehead atoms. The average Bonchev–Trinajstić information content (AvgIpc) is 2.90. The summed E-state index contributed by atoms with van der Waals surface area (Å²) in [6.45, 7) is 4.67. The molecule has 2 aliphatic heterocycles. The Morgan fingerprint density at radius 2 is 1.42 bits per heavy atom. The van der Waals surface area contributed by atoms with Crippen LogP contribution in [0.25, 0.3) is 11.3 Å². The van der Waals surface area contributed by atoms with Gasteiger partial charge in [-0.05, 0) is 42.5 Å². The summed E-state index contributed by atoms with van der Waals surface area (Å²) in [6, 6.07) is 11.1. The molecule has 0 amide bonds. The quantitative estimate of drug-likeness (QED) is 0.506. The molecule has 0 aliphatic carbocycles. The Balaban J connectivity index is 1.42. The highest BCUT2D eigenvalue weighted by Crippen LogP contribution is 2.36. The number of nitrogens with zero attached hydrogens (tertiary/aromatic N) is 4. The van der Waals surface area contributed by atoms with Crippen molar-refractivity contribution in [3.8, 4) is 11.3 Å². The van der Waals surface area contributed by atoms with Crippen LogP contribution in [0.4, 0.5) is 40.6 Å². The SMILES string of the molecule is Fc1cnc(Nc2ccc(N3CCOCC3)cc2)nc1-c1cc(N2CCOCC2)cc(C(F)(F)F)c1. The number of hydrogen-bond donors (Lipinski definition) is 1. The lowest BCUT2D eigenvalue weighted by molar-refractivity contribution is -0.137. The number of nitrogens with one attached hydrogen (secondary N) is 1. The van der Waals surface area contributed by atoms with Gasteiger partial charge in [-0.1, -0.05) is 0 Å². The number of morpholine rings is 2. The summed E-state index contributed by atoms with van der Waals surface area (Å²) in [5.74, 6) is -0.730. The van der Waals surface area contributed by atoms with Crippen LogP contribution in [0.2, 0.25) is 0 Å². The fourth-order valence-electron chi connectivity index (χ4n) is 4.25. The maximum Gasteiger partial charge on any atom is 0.416 e. The van der Waals surface area contributed by atoms with Crippen molar-refractivity contribution in [2.24, 2.45) is 0 Å². The van der Waals surface area contributed by atoms with Gasteiger partial charge in [0.25, 0.3) is 0 Å². The van der Waals surface area contributed by atoms with Crippen molar-refractivity contribution in [2.75, 3.05) is 67.7 Å². The van der Waals surface area contributed by atoms with E-state index >= 15 is 0 Å². The number of halogens is 4. The number of ether oxygens (including phenoxy) is 2. The van der Waals surface area contributed by atoms with E-state index in [9.17, 15) is 17.6 Å². The van der Waals surface area contributed by atoms with Crippen molar-refractivity contribution in [1.82, 2.24) is 9.97 Å². The van der Waals surface area contributed by atoms with Gasteiger partial charge in [-0.2, -0.15) is 13.2 Å². The van der Waals surface area contributed by atoms with Crippen LogP contribution in [0.3, 0.4) is 0 Å². The Hall–Kier alpha value is -3.44. The Kier molecular flexibility index (Phi) is 6.92. The summed E-state index contributed by atoms with van der Waals surface area (Å²) >= 11 is 0. The molecule has 0 radical (unpaired) electrons. The normalized spacial score (nSPS) is 16.8. The lowest BCUT2D eigenvalue weighted by atomic mass is 10.0. The van der Waals surface area contributed by atoms with Gasteiger partial charge in [-0.3, -0.25) is 0 Å². The first-order valence-corrected chi connectivity index (χ1v) is 11.6. The van der Waals surface area contributed by atoms with Crippen molar-refractivity contribution in [3.63, 3.8) is 0 Å². The van der Waals surface area contributed by atoms with Gasteiger partial charge >= 0.3 is 6.18 Å². The highest BCUT2D eigenvalue weighted by Gasteiger charge is 2.32. The molecule has 2 aromatic carbocycles. The minimum atomic E-state index is -4.59. The van der Waals surface area contributed by atoms with Gasteiger partial charge in [-0.15, -0.1) is 0 Å². The lowest BCUT2D eigenvalue weighted by Gasteiger charge is -2.29. The first-order chi connectivity index (χ1) is 17.4. The number of hydrogen-bond acceptors (Lipinski definition) is 7. The Labute approximate surface area is 205 Å². The second-order valence-electron chi connectivity index (χ2n) is 8.53. The molecule has 0 spiro atoms. The first kappa shape index (κ1) is 24.3. The van der Waals surface area contributed by atoms with E-state index in [0.29, 0.717) is 50.9 Å². The maximum absolute atomic E-state index is 14.8.